The van der Waals surface area contributed by atoms with Crippen molar-refractivity contribution in [3.05, 3.63) is 58.7 Å². The number of hydrogen-bond donors (Lipinski definition) is 1. The third-order valence-corrected chi connectivity index (χ3v) is 5.08. The summed E-state index contributed by atoms with van der Waals surface area (Å²) in [6.45, 7) is 3.33. The Balaban J connectivity index is 1.70. The highest BCUT2D eigenvalue weighted by Crippen LogP contribution is 2.37. The standard InChI is InChI=1S/C24H28N2O4/c1-5-10-26(2)15-23(27)25-19-8-6-16(7-9-19)11-18-12-17-13-21(29-3)22(30-4)14-20(17)24(18)28/h6-9,11,13-14H,5,10,12,15H2,1-4H3,(H,25,27)/b18-11+. The summed E-state index contributed by atoms with van der Waals surface area (Å²) in [5, 5.41) is 2.90. The van der Waals surface area contributed by atoms with Gasteiger partial charge in [0.05, 0.1) is 20.8 Å². The highest BCUT2D eigenvalue weighted by atomic mass is 16.5. The first kappa shape index (κ1) is 21.6. The summed E-state index contributed by atoms with van der Waals surface area (Å²) in [6, 6.07) is 11.1. The van der Waals surface area contributed by atoms with Gasteiger partial charge in [-0.15, -0.1) is 0 Å². The minimum absolute atomic E-state index is 0.00212. The van der Waals surface area contributed by atoms with Crippen LogP contribution in [0.15, 0.2) is 42.0 Å². The molecule has 0 fully saturated rings. The molecule has 0 aromatic heterocycles. The molecular formula is C24H28N2O4. The van der Waals surface area contributed by atoms with Crippen molar-refractivity contribution in [2.45, 2.75) is 19.8 Å². The van der Waals surface area contributed by atoms with E-state index in [4.69, 9.17) is 9.47 Å². The molecule has 1 aliphatic rings. The van der Waals surface area contributed by atoms with Crippen molar-refractivity contribution < 1.29 is 19.1 Å². The van der Waals surface area contributed by atoms with Crippen LogP contribution in [0, 0.1) is 0 Å². The van der Waals surface area contributed by atoms with Gasteiger partial charge in [-0.1, -0.05) is 19.1 Å². The number of ether oxygens (including phenoxy) is 2. The maximum Gasteiger partial charge on any atom is 0.238 e. The molecule has 0 unspecified atom stereocenters. The molecule has 30 heavy (non-hydrogen) atoms. The highest BCUT2D eigenvalue weighted by Gasteiger charge is 2.27. The van der Waals surface area contributed by atoms with E-state index in [0.29, 0.717) is 30.0 Å². The highest BCUT2D eigenvalue weighted by molar-refractivity contribution is 6.16. The summed E-state index contributed by atoms with van der Waals surface area (Å²) < 4.78 is 10.7. The zero-order valence-corrected chi connectivity index (χ0v) is 18.0. The Bertz CT molecular complexity index is 964. The molecule has 0 aliphatic heterocycles. The number of Topliss-reactive ketones (excluding diaryl/α,β-unsaturated/α-hetero) is 1. The number of amides is 1. The topological polar surface area (TPSA) is 67.9 Å². The molecule has 0 spiro atoms. The van der Waals surface area contributed by atoms with Crippen LogP contribution in [-0.2, 0) is 11.2 Å². The molecule has 0 heterocycles. The zero-order valence-electron chi connectivity index (χ0n) is 18.0. The molecule has 6 nitrogen and oxygen atoms in total. The van der Waals surface area contributed by atoms with Gasteiger partial charge < -0.3 is 14.8 Å². The van der Waals surface area contributed by atoms with E-state index in [-0.39, 0.29) is 11.7 Å². The SMILES string of the molecule is CCCN(C)CC(=O)Nc1ccc(/C=C2\Cc3cc(OC)c(OC)cc3C2=O)cc1. The first-order chi connectivity index (χ1) is 14.4. The fraction of sp³-hybridized carbons (Fsp3) is 0.333. The van der Waals surface area contributed by atoms with E-state index in [1.54, 1.807) is 20.3 Å². The summed E-state index contributed by atoms with van der Waals surface area (Å²) in [5.41, 5.74) is 3.95. The summed E-state index contributed by atoms with van der Waals surface area (Å²) in [7, 11) is 5.07. The molecule has 0 atom stereocenters. The lowest BCUT2D eigenvalue weighted by Crippen LogP contribution is -2.30. The summed E-state index contributed by atoms with van der Waals surface area (Å²) in [4.78, 5) is 26.9. The maximum atomic E-state index is 12.8. The molecule has 2 aromatic rings. The van der Waals surface area contributed by atoms with E-state index >= 15 is 0 Å². The van der Waals surface area contributed by atoms with Crippen LogP contribution in [0.3, 0.4) is 0 Å². The van der Waals surface area contributed by atoms with Crippen LogP contribution in [0.25, 0.3) is 6.08 Å². The quantitative estimate of drug-likeness (QED) is 0.673. The minimum Gasteiger partial charge on any atom is -0.493 e. The zero-order chi connectivity index (χ0) is 21.7. The number of carbonyl (C=O) groups excluding carboxylic acids is 2. The van der Waals surface area contributed by atoms with Crippen LogP contribution in [0.5, 0.6) is 11.5 Å². The van der Waals surface area contributed by atoms with Gasteiger partial charge in [-0.25, -0.2) is 0 Å². The number of nitrogens with one attached hydrogen (secondary N) is 1. The Morgan fingerprint density at radius 3 is 2.43 bits per heavy atom. The van der Waals surface area contributed by atoms with Crippen LogP contribution in [0.1, 0.15) is 34.8 Å². The number of rotatable bonds is 8. The van der Waals surface area contributed by atoms with Crippen LogP contribution in [0.4, 0.5) is 5.69 Å². The number of carbonyl (C=O) groups is 2. The molecule has 3 rings (SSSR count). The monoisotopic (exact) mass is 408 g/mol. The van der Waals surface area contributed by atoms with Crippen molar-refractivity contribution in [2.75, 3.05) is 39.7 Å². The lowest BCUT2D eigenvalue weighted by atomic mass is 10.1. The van der Waals surface area contributed by atoms with Gasteiger partial charge in [0.25, 0.3) is 0 Å². The summed E-state index contributed by atoms with van der Waals surface area (Å²) in [5.74, 6) is 1.13. The van der Waals surface area contributed by atoms with Crippen molar-refractivity contribution in [1.82, 2.24) is 4.90 Å². The lowest BCUT2D eigenvalue weighted by Gasteiger charge is -2.15. The Hall–Kier alpha value is -3.12. The van der Waals surface area contributed by atoms with Gasteiger partial charge in [0, 0.05) is 23.2 Å². The molecule has 0 saturated heterocycles. The van der Waals surface area contributed by atoms with Gasteiger partial charge in [-0.3, -0.25) is 14.5 Å². The van der Waals surface area contributed by atoms with Crippen molar-refractivity contribution in [2.24, 2.45) is 0 Å². The first-order valence-corrected chi connectivity index (χ1v) is 10.0. The van der Waals surface area contributed by atoms with Crippen molar-refractivity contribution in [3.63, 3.8) is 0 Å². The number of anilines is 1. The molecule has 1 N–H and O–H groups in total. The molecule has 1 amide bonds. The molecule has 0 radical (unpaired) electrons. The number of allylic oxidation sites excluding steroid dienone is 1. The average molecular weight is 408 g/mol. The number of hydrogen-bond acceptors (Lipinski definition) is 5. The van der Waals surface area contributed by atoms with Gasteiger partial charge >= 0.3 is 0 Å². The van der Waals surface area contributed by atoms with Crippen LogP contribution in [-0.4, -0.2) is 50.9 Å². The van der Waals surface area contributed by atoms with E-state index in [2.05, 4.69) is 12.2 Å². The fourth-order valence-electron chi connectivity index (χ4n) is 3.62. The predicted molar refractivity (Wildman–Crippen MR) is 118 cm³/mol. The molecule has 6 heteroatoms. The smallest absolute Gasteiger partial charge is 0.238 e. The predicted octanol–water partition coefficient (Wildman–Crippen LogP) is 3.81. The maximum absolute atomic E-state index is 12.8. The Labute approximate surface area is 177 Å². The van der Waals surface area contributed by atoms with E-state index in [9.17, 15) is 9.59 Å². The van der Waals surface area contributed by atoms with Crippen molar-refractivity contribution in [1.29, 1.82) is 0 Å². The fourth-order valence-corrected chi connectivity index (χ4v) is 3.62. The second kappa shape index (κ2) is 9.59. The summed E-state index contributed by atoms with van der Waals surface area (Å²) in [6.07, 6.45) is 3.45. The Kier molecular flexibility index (Phi) is 6.90. The molecule has 0 saturated carbocycles. The number of methoxy groups -OCH3 is 2. The first-order valence-electron chi connectivity index (χ1n) is 10.0. The number of nitrogens with zero attached hydrogens (tertiary/aromatic N) is 1. The van der Waals surface area contributed by atoms with E-state index in [1.807, 2.05) is 48.4 Å². The number of benzene rings is 2. The van der Waals surface area contributed by atoms with Gasteiger partial charge in [-0.2, -0.15) is 0 Å². The second-order valence-electron chi connectivity index (χ2n) is 7.45. The third kappa shape index (κ3) is 4.89. The largest absolute Gasteiger partial charge is 0.493 e. The molecular weight excluding hydrogens is 380 g/mol. The third-order valence-electron chi connectivity index (χ3n) is 5.08. The lowest BCUT2D eigenvalue weighted by molar-refractivity contribution is -0.117. The molecule has 0 bridgehead atoms. The van der Waals surface area contributed by atoms with Crippen LogP contribution in [0.2, 0.25) is 0 Å². The second-order valence-corrected chi connectivity index (χ2v) is 7.45. The average Bonchev–Trinajstić information content (AvgIpc) is 3.03. The van der Waals surface area contributed by atoms with E-state index in [0.717, 1.165) is 35.4 Å². The minimum atomic E-state index is -0.0404. The Morgan fingerprint density at radius 2 is 1.80 bits per heavy atom. The summed E-state index contributed by atoms with van der Waals surface area (Å²) >= 11 is 0. The van der Waals surface area contributed by atoms with Crippen LogP contribution < -0.4 is 14.8 Å². The van der Waals surface area contributed by atoms with E-state index in [1.165, 1.54) is 0 Å². The molecule has 158 valence electrons. The van der Waals surface area contributed by atoms with E-state index < -0.39 is 0 Å². The molecule has 2 aromatic carbocycles. The van der Waals surface area contributed by atoms with Crippen molar-refractivity contribution in [3.8, 4) is 11.5 Å². The normalized spacial score (nSPS) is 14.2. The number of likely N-dealkylation sites (N-methyl/N-ethyl adjacent to an activating group) is 1. The van der Waals surface area contributed by atoms with Gasteiger partial charge in [0.2, 0.25) is 5.91 Å². The number of ketones is 1. The van der Waals surface area contributed by atoms with Gasteiger partial charge in [-0.05, 0) is 61.5 Å². The Morgan fingerprint density at radius 1 is 1.13 bits per heavy atom. The van der Waals surface area contributed by atoms with Crippen LogP contribution >= 0.6 is 0 Å². The van der Waals surface area contributed by atoms with Crippen molar-refractivity contribution >= 4 is 23.5 Å². The number of fused-ring (bicyclic) bond motifs is 1. The molecule has 1 aliphatic carbocycles. The van der Waals surface area contributed by atoms with Gasteiger partial charge in [0.1, 0.15) is 0 Å². The van der Waals surface area contributed by atoms with Gasteiger partial charge in [0.15, 0.2) is 17.3 Å².